The number of aromatic nitrogens is 1. The van der Waals surface area contributed by atoms with Crippen molar-refractivity contribution in [1.82, 2.24) is 15.2 Å². The maximum atomic E-state index is 4.53. The molecule has 96 valence electrons. The summed E-state index contributed by atoms with van der Waals surface area (Å²) in [6, 6.07) is 0.630. The molecule has 1 unspecified atom stereocenters. The summed E-state index contributed by atoms with van der Waals surface area (Å²) >= 11 is 1.81. The molecule has 0 aromatic carbocycles. The number of thiazole rings is 1. The molecule has 1 fully saturated rings. The van der Waals surface area contributed by atoms with E-state index >= 15 is 0 Å². The molecule has 1 aliphatic heterocycles. The Hall–Kier alpha value is -0.650. The average molecular weight is 254 g/mol. The predicted octanol–water partition coefficient (Wildman–Crippen LogP) is 1.39. The Morgan fingerprint density at radius 2 is 2.35 bits per heavy atom. The second-order valence-corrected chi connectivity index (χ2v) is 5.66. The van der Waals surface area contributed by atoms with Gasteiger partial charge in [0.1, 0.15) is 0 Å². The second-order valence-electron chi connectivity index (χ2n) is 4.56. The summed E-state index contributed by atoms with van der Waals surface area (Å²) < 4.78 is 0. The second kappa shape index (κ2) is 5.80. The van der Waals surface area contributed by atoms with Gasteiger partial charge in [0.15, 0.2) is 5.13 Å². The monoisotopic (exact) mass is 254 g/mol. The Morgan fingerprint density at radius 3 is 3.00 bits per heavy atom. The number of rotatable bonds is 4. The summed E-state index contributed by atoms with van der Waals surface area (Å²) in [6.07, 6.45) is 1.99. The lowest BCUT2D eigenvalue weighted by Crippen LogP contribution is -2.51. The smallest absolute Gasteiger partial charge is 0.185 e. The number of likely N-dealkylation sites (N-methyl/N-ethyl adjacent to an activating group) is 1. The summed E-state index contributed by atoms with van der Waals surface area (Å²) in [4.78, 5) is 10.8. The van der Waals surface area contributed by atoms with Crippen molar-refractivity contribution in [2.75, 3.05) is 38.1 Å². The van der Waals surface area contributed by atoms with Gasteiger partial charge >= 0.3 is 0 Å². The van der Waals surface area contributed by atoms with Crippen molar-refractivity contribution in [3.63, 3.8) is 0 Å². The molecule has 0 spiro atoms. The fraction of sp³-hybridized carbons (Fsp3) is 0.750. The lowest BCUT2D eigenvalue weighted by molar-refractivity contribution is 0.199. The van der Waals surface area contributed by atoms with Gasteiger partial charge in [-0.05, 0) is 20.5 Å². The first-order chi connectivity index (χ1) is 8.24. The number of nitrogens with one attached hydrogen (secondary N) is 1. The SMILES string of the molecule is CCN1CCN(c2ncc(CNC)s2)CC1C. The van der Waals surface area contributed by atoms with Crippen LogP contribution in [0.5, 0.6) is 0 Å². The average Bonchev–Trinajstić information content (AvgIpc) is 2.78. The van der Waals surface area contributed by atoms with Crippen LogP contribution < -0.4 is 10.2 Å². The van der Waals surface area contributed by atoms with Crippen LogP contribution in [-0.4, -0.2) is 49.2 Å². The van der Waals surface area contributed by atoms with Gasteiger partial charge in [-0.2, -0.15) is 0 Å². The summed E-state index contributed by atoms with van der Waals surface area (Å²) in [5.41, 5.74) is 0. The topological polar surface area (TPSA) is 31.4 Å². The molecule has 0 radical (unpaired) electrons. The van der Waals surface area contributed by atoms with E-state index in [4.69, 9.17) is 0 Å². The molecule has 0 saturated carbocycles. The molecule has 17 heavy (non-hydrogen) atoms. The molecule has 5 heteroatoms. The van der Waals surface area contributed by atoms with Crippen LogP contribution in [0.3, 0.4) is 0 Å². The number of anilines is 1. The van der Waals surface area contributed by atoms with E-state index in [1.165, 1.54) is 10.0 Å². The van der Waals surface area contributed by atoms with E-state index in [0.717, 1.165) is 32.7 Å². The van der Waals surface area contributed by atoms with Crippen molar-refractivity contribution >= 4 is 16.5 Å². The van der Waals surface area contributed by atoms with Gasteiger partial charge in [0.25, 0.3) is 0 Å². The molecule has 0 bridgehead atoms. The van der Waals surface area contributed by atoms with Gasteiger partial charge in [0.2, 0.25) is 0 Å². The zero-order valence-corrected chi connectivity index (χ0v) is 11.8. The normalized spacial score (nSPS) is 22.1. The van der Waals surface area contributed by atoms with Crippen molar-refractivity contribution in [2.45, 2.75) is 26.4 Å². The van der Waals surface area contributed by atoms with Crippen LogP contribution in [0.2, 0.25) is 0 Å². The standard InChI is InChI=1S/C12H22N4S/c1-4-15-5-6-16(9-10(15)2)12-14-8-11(17-12)7-13-3/h8,10,13H,4-7,9H2,1-3H3. The highest BCUT2D eigenvalue weighted by atomic mass is 32.1. The van der Waals surface area contributed by atoms with E-state index in [-0.39, 0.29) is 0 Å². The largest absolute Gasteiger partial charge is 0.345 e. The zero-order chi connectivity index (χ0) is 12.3. The van der Waals surface area contributed by atoms with Gasteiger partial charge in [-0.1, -0.05) is 6.92 Å². The molecular weight excluding hydrogens is 232 g/mol. The molecule has 1 aromatic rings. The van der Waals surface area contributed by atoms with Crippen LogP contribution >= 0.6 is 11.3 Å². The predicted molar refractivity (Wildman–Crippen MR) is 73.8 cm³/mol. The van der Waals surface area contributed by atoms with Crippen molar-refractivity contribution in [3.05, 3.63) is 11.1 Å². The molecule has 1 aromatic heterocycles. The number of piperazine rings is 1. The molecule has 2 heterocycles. The maximum Gasteiger partial charge on any atom is 0.185 e. The highest BCUT2D eigenvalue weighted by Gasteiger charge is 2.23. The minimum absolute atomic E-state index is 0.630. The van der Waals surface area contributed by atoms with Crippen LogP contribution in [0.25, 0.3) is 0 Å². The van der Waals surface area contributed by atoms with Gasteiger partial charge in [-0.15, -0.1) is 11.3 Å². The Kier molecular flexibility index (Phi) is 4.36. The van der Waals surface area contributed by atoms with E-state index in [1.807, 2.05) is 24.6 Å². The molecule has 0 amide bonds. The molecule has 2 rings (SSSR count). The minimum atomic E-state index is 0.630. The van der Waals surface area contributed by atoms with Crippen molar-refractivity contribution in [2.24, 2.45) is 0 Å². The first-order valence-corrected chi connectivity index (χ1v) is 7.14. The highest BCUT2D eigenvalue weighted by Crippen LogP contribution is 2.24. The third kappa shape index (κ3) is 2.97. The van der Waals surface area contributed by atoms with Gasteiger partial charge < -0.3 is 10.2 Å². The molecule has 1 saturated heterocycles. The third-order valence-corrected chi connectivity index (χ3v) is 4.39. The lowest BCUT2D eigenvalue weighted by Gasteiger charge is -2.39. The van der Waals surface area contributed by atoms with Crippen LogP contribution in [0, 0.1) is 0 Å². The number of hydrogen-bond donors (Lipinski definition) is 1. The Balaban J connectivity index is 1.98. The minimum Gasteiger partial charge on any atom is -0.345 e. The van der Waals surface area contributed by atoms with Crippen LogP contribution in [-0.2, 0) is 6.54 Å². The van der Waals surface area contributed by atoms with Gasteiger partial charge in [0, 0.05) is 43.3 Å². The van der Waals surface area contributed by atoms with Crippen molar-refractivity contribution in [3.8, 4) is 0 Å². The van der Waals surface area contributed by atoms with Gasteiger partial charge in [-0.3, -0.25) is 4.90 Å². The van der Waals surface area contributed by atoms with E-state index in [0.29, 0.717) is 6.04 Å². The molecular formula is C12H22N4S. The first kappa shape index (κ1) is 12.8. The van der Waals surface area contributed by atoms with E-state index < -0.39 is 0 Å². The van der Waals surface area contributed by atoms with E-state index in [1.54, 1.807) is 0 Å². The molecule has 1 N–H and O–H groups in total. The van der Waals surface area contributed by atoms with Crippen LogP contribution in [0.1, 0.15) is 18.7 Å². The Morgan fingerprint density at radius 1 is 1.53 bits per heavy atom. The van der Waals surface area contributed by atoms with Crippen LogP contribution in [0.4, 0.5) is 5.13 Å². The Bertz CT molecular complexity index is 352. The molecule has 0 aliphatic carbocycles. The summed E-state index contributed by atoms with van der Waals surface area (Å²) in [7, 11) is 1.97. The fourth-order valence-electron chi connectivity index (χ4n) is 2.34. The summed E-state index contributed by atoms with van der Waals surface area (Å²) in [5.74, 6) is 0. The first-order valence-electron chi connectivity index (χ1n) is 6.33. The van der Waals surface area contributed by atoms with Crippen molar-refractivity contribution in [1.29, 1.82) is 0 Å². The molecule has 4 nitrogen and oxygen atoms in total. The number of hydrogen-bond acceptors (Lipinski definition) is 5. The molecule has 1 atom stereocenters. The summed E-state index contributed by atoms with van der Waals surface area (Å²) in [6.45, 7) is 9.96. The quantitative estimate of drug-likeness (QED) is 0.880. The Labute approximate surface area is 108 Å². The van der Waals surface area contributed by atoms with Gasteiger partial charge in [0.05, 0.1) is 0 Å². The van der Waals surface area contributed by atoms with Gasteiger partial charge in [-0.25, -0.2) is 4.98 Å². The highest BCUT2D eigenvalue weighted by molar-refractivity contribution is 7.15. The van der Waals surface area contributed by atoms with E-state index in [2.05, 4.69) is 33.9 Å². The third-order valence-electron chi connectivity index (χ3n) is 3.33. The maximum absolute atomic E-state index is 4.53. The zero-order valence-electron chi connectivity index (χ0n) is 10.9. The lowest BCUT2D eigenvalue weighted by atomic mass is 10.2. The van der Waals surface area contributed by atoms with E-state index in [9.17, 15) is 0 Å². The van der Waals surface area contributed by atoms with Crippen LogP contribution in [0.15, 0.2) is 6.20 Å². The molecule has 1 aliphatic rings. The number of nitrogens with zero attached hydrogens (tertiary/aromatic N) is 3. The fourth-order valence-corrected chi connectivity index (χ4v) is 3.29. The summed E-state index contributed by atoms with van der Waals surface area (Å²) in [5, 5.41) is 4.35. The van der Waals surface area contributed by atoms with Crippen molar-refractivity contribution < 1.29 is 0 Å².